The summed E-state index contributed by atoms with van der Waals surface area (Å²) in [6.45, 7) is 20.5. The van der Waals surface area contributed by atoms with Crippen LogP contribution in [-0.2, 0) is 26.5 Å². The number of aromatic nitrogens is 4. The molecule has 7 aromatic carbocycles. The molecule has 0 saturated heterocycles. The van der Waals surface area contributed by atoms with Gasteiger partial charge >= 0.3 is 0 Å². The molecule has 6 heteroatoms. The fraction of sp³-hybridized carbons (Fsp3) is 0.206. The molecule has 0 unspecified atom stereocenters. The van der Waals surface area contributed by atoms with Crippen LogP contribution in [-0.4, -0.2) is 14.1 Å². The number of pyridine rings is 1. The number of ether oxygens (including phenoxy) is 1. The first kappa shape index (κ1) is 47.3. The quantitative estimate of drug-likeness (QED) is 0.0956. The summed E-state index contributed by atoms with van der Waals surface area (Å²) in [7, 11) is 0. The minimum absolute atomic E-state index is 0. The summed E-state index contributed by atoms with van der Waals surface area (Å²) < 4.78 is 13.3. The summed E-state index contributed by atoms with van der Waals surface area (Å²) in [6.07, 6.45) is 9.74. The van der Waals surface area contributed by atoms with Crippen molar-refractivity contribution in [1.82, 2.24) is 14.1 Å². The molecular weight excluding hydrogens is 1020 g/mol. The van der Waals surface area contributed by atoms with Gasteiger partial charge in [-0.05, 0) is 115 Å². The van der Waals surface area contributed by atoms with E-state index in [1.165, 1.54) is 33.4 Å². The Kier molecular flexibility index (Phi) is 13.2. The second-order valence-corrected chi connectivity index (χ2v) is 20.0. The van der Waals surface area contributed by atoms with Crippen LogP contribution in [0.3, 0.4) is 0 Å². The monoisotopic (exact) mass is 1080 g/mol. The van der Waals surface area contributed by atoms with Crippen molar-refractivity contribution in [1.29, 1.82) is 0 Å². The fourth-order valence-electron chi connectivity index (χ4n) is 9.43. The third-order valence-corrected chi connectivity index (χ3v) is 13.2. The molecule has 10 aromatic rings. The van der Waals surface area contributed by atoms with E-state index in [0.29, 0.717) is 17.4 Å². The molecule has 5 nitrogen and oxygen atoms in total. The molecule has 0 amide bonds. The summed E-state index contributed by atoms with van der Waals surface area (Å²) in [5, 5.41) is 2.22. The zero-order chi connectivity index (χ0) is 47.3. The van der Waals surface area contributed by atoms with E-state index in [-0.39, 0.29) is 38.3 Å². The van der Waals surface area contributed by atoms with Crippen molar-refractivity contribution >= 4 is 21.8 Å². The summed E-state index contributed by atoms with van der Waals surface area (Å²) >= 11 is 0. The zero-order valence-electron chi connectivity index (χ0n) is 40.9. The molecule has 0 atom stereocenters. The van der Waals surface area contributed by atoms with Gasteiger partial charge in [-0.25, -0.2) is 4.98 Å². The Morgan fingerprint density at radius 2 is 1.28 bits per heavy atom. The van der Waals surface area contributed by atoms with E-state index >= 15 is 0 Å². The van der Waals surface area contributed by atoms with Crippen LogP contribution in [0.2, 0.25) is 0 Å². The molecular formula is C63H58N4OPt-2. The Balaban J connectivity index is 0.00000593. The van der Waals surface area contributed by atoms with Gasteiger partial charge in [-0.2, -0.15) is 12.1 Å². The van der Waals surface area contributed by atoms with Crippen LogP contribution in [0, 0.1) is 18.5 Å². The maximum atomic E-state index is 6.98. The first-order chi connectivity index (χ1) is 32.8. The van der Waals surface area contributed by atoms with Gasteiger partial charge < -0.3 is 13.9 Å². The van der Waals surface area contributed by atoms with Gasteiger partial charge in [-0.3, -0.25) is 4.57 Å². The zero-order valence-corrected chi connectivity index (χ0v) is 43.2. The van der Waals surface area contributed by atoms with Crippen LogP contribution < -0.4 is 9.30 Å². The second-order valence-electron chi connectivity index (χ2n) is 20.0. The van der Waals surface area contributed by atoms with Crippen molar-refractivity contribution in [3.05, 3.63) is 211 Å². The van der Waals surface area contributed by atoms with Gasteiger partial charge in [0.25, 0.3) is 6.33 Å². The van der Waals surface area contributed by atoms with Crippen molar-refractivity contribution in [3.8, 4) is 62.1 Å². The molecule has 0 aliphatic carbocycles. The van der Waals surface area contributed by atoms with Gasteiger partial charge in [0, 0.05) is 56.7 Å². The molecule has 0 fully saturated rings. The number of nitrogens with zero attached hydrogens (tertiary/aromatic N) is 4. The van der Waals surface area contributed by atoms with Crippen LogP contribution >= 0.6 is 0 Å². The first-order valence-electron chi connectivity index (χ1n) is 23.9. The third-order valence-electron chi connectivity index (χ3n) is 13.2. The van der Waals surface area contributed by atoms with E-state index in [2.05, 4.69) is 248 Å². The van der Waals surface area contributed by atoms with Crippen LogP contribution in [0.5, 0.6) is 11.5 Å². The normalized spacial score (nSPS) is 11.8. The van der Waals surface area contributed by atoms with Crippen molar-refractivity contribution in [2.45, 2.75) is 85.5 Å². The Morgan fingerprint density at radius 1 is 0.594 bits per heavy atom. The number of rotatable bonds is 11. The number of imidazole rings is 1. The molecule has 69 heavy (non-hydrogen) atoms. The maximum Gasteiger partial charge on any atom is 0.267 e. The van der Waals surface area contributed by atoms with E-state index in [1.54, 1.807) is 0 Å². The summed E-state index contributed by atoms with van der Waals surface area (Å²) in [5.74, 6) is 3.01. The molecule has 0 bridgehead atoms. The van der Waals surface area contributed by atoms with Gasteiger partial charge in [0.15, 0.2) is 0 Å². The summed E-state index contributed by atoms with van der Waals surface area (Å²) in [5.41, 5.74) is 15.9. The van der Waals surface area contributed by atoms with Crippen molar-refractivity contribution in [3.63, 3.8) is 0 Å². The van der Waals surface area contributed by atoms with E-state index in [1.807, 2.05) is 16.8 Å². The van der Waals surface area contributed by atoms with Gasteiger partial charge in [-0.1, -0.05) is 165 Å². The minimum Gasteiger partial charge on any atom is -0.510 e. The SMILES string of the molecule is CC(C)c1cc(C(C)C)c(-c2cc(Oc3[c-]c4c(cc3)c3ccccc3n4-c3cc(C(C)(C)C)ccn3)[c-]c(-n3[c-][n+](-c4ccc(-c5ccccc5)cc4-c4ccccc4)cc3)c2)c(C(C)C)c1.[Pt]. The smallest absolute Gasteiger partial charge is 0.267 e. The van der Waals surface area contributed by atoms with Crippen LogP contribution in [0.4, 0.5) is 0 Å². The van der Waals surface area contributed by atoms with Crippen molar-refractivity contribution in [2.75, 3.05) is 0 Å². The third kappa shape index (κ3) is 9.38. The fourth-order valence-corrected chi connectivity index (χ4v) is 9.43. The molecule has 0 saturated carbocycles. The number of para-hydroxylation sites is 1. The average Bonchev–Trinajstić information content (AvgIpc) is 3.97. The number of benzene rings is 7. The standard InChI is InChI=1S/C63H58N4O.Pt/c1-41(2)47-35-55(42(3)4)62(56(36-47)43(5)6)48-32-50(65-30-31-66(40-65)58-27-24-46(44-18-12-10-13-19-44)34-57(58)45-20-14-11-15-21-45)38-52(33-48)68-51-25-26-54-53-22-16-17-23-59(53)67(60(54)39-51)61-37-49(28-29-64-61)63(7,8)9;/h10-37,41-43H,1-9H3;/q-2;. The number of fused-ring (bicyclic) bond motifs is 3. The van der Waals surface area contributed by atoms with Gasteiger partial charge in [0.2, 0.25) is 0 Å². The predicted molar refractivity (Wildman–Crippen MR) is 280 cm³/mol. The van der Waals surface area contributed by atoms with Crippen LogP contribution in [0.15, 0.2) is 170 Å². The van der Waals surface area contributed by atoms with Gasteiger partial charge in [-0.15, -0.1) is 35.2 Å². The number of hydrogen-bond acceptors (Lipinski definition) is 2. The molecule has 0 N–H and O–H groups in total. The van der Waals surface area contributed by atoms with Crippen LogP contribution in [0.25, 0.3) is 72.4 Å². The molecule has 10 rings (SSSR count). The van der Waals surface area contributed by atoms with Crippen LogP contribution in [0.1, 0.15) is 102 Å². The van der Waals surface area contributed by atoms with E-state index < -0.39 is 0 Å². The summed E-state index contributed by atoms with van der Waals surface area (Å²) in [6, 6.07) is 61.4. The van der Waals surface area contributed by atoms with E-state index in [9.17, 15) is 0 Å². The van der Waals surface area contributed by atoms with Gasteiger partial charge in [0.05, 0.1) is 5.69 Å². The molecule has 3 aromatic heterocycles. The molecule has 3 heterocycles. The summed E-state index contributed by atoms with van der Waals surface area (Å²) in [4.78, 5) is 4.91. The largest absolute Gasteiger partial charge is 0.510 e. The predicted octanol–water partition coefficient (Wildman–Crippen LogP) is 16.1. The molecule has 0 aliphatic heterocycles. The topological polar surface area (TPSA) is 35.9 Å². The second kappa shape index (κ2) is 19.3. The number of hydrogen-bond donors (Lipinski definition) is 0. The van der Waals surface area contributed by atoms with Crippen molar-refractivity contribution in [2.24, 2.45) is 0 Å². The van der Waals surface area contributed by atoms with E-state index in [4.69, 9.17) is 9.72 Å². The first-order valence-corrected chi connectivity index (χ1v) is 23.9. The average molecular weight is 1080 g/mol. The molecule has 348 valence electrons. The van der Waals surface area contributed by atoms with Crippen molar-refractivity contribution < 1.29 is 30.4 Å². The minimum atomic E-state index is -0.0411. The maximum absolute atomic E-state index is 6.98. The molecule has 0 aliphatic rings. The van der Waals surface area contributed by atoms with Gasteiger partial charge in [0.1, 0.15) is 5.82 Å². The Hall–Kier alpha value is -6.81. The Morgan fingerprint density at radius 3 is 1.96 bits per heavy atom. The molecule has 0 radical (unpaired) electrons. The molecule has 0 spiro atoms. The van der Waals surface area contributed by atoms with E-state index in [0.717, 1.165) is 61.3 Å². The Bertz CT molecular complexity index is 3420. The Labute approximate surface area is 422 Å².